The summed E-state index contributed by atoms with van der Waals surface area (Å²) in [5.41, 5.74) is 9.59. The Morgan fingerprint density at radius 1 is 1.30 bits per heavy atom. The first-order valence-electron chi connectivity index (χ1n) is 6.37. The summed E-state index contributed by atoms with van der Waals surface area (Å²) in [5.74, 6) is 0.804. The maximum Gasteiger partial charge on any atom is 0.137 e. The minimum Gasteiger partial charge on any atom is -0.399 e. The number of nitrogens with two attached hydrogens (primary N) is 1. The molecule has 3 N–H and O–H groups in total. The van der Waals surface area contributed by atoms with Gasteiger partial charge in [0.1, 0.15) is 12.1 Å². The van der Waals surface area contributed by atoms with Crippen LogP contribution in [0.5, 0.6) is 0 Å². The van der Waals surface area contributed by atoms with Crippen LogP contribution in [0.15, 0.2) is 30.7 Å². The summed E-state index contributed by atoms with van der Waals surface area (Å²) in [5, 5.41) is 8.52. The summed E-state index contributed by atoms with van der Waals surface area (Å²) in [6, 6.07) is 5.63. The summed E-state index contributed by atoms with van der Waals surface area (Å²) in [6.07, 6.45) is 3.41. The van der Waals surface area contributed by atoms with Crippen molar-refractivity contribution in [2.45, 2.75) is 13.5 Å². The average Bonchev–Trinajstić information content (AvgIpc) is 2.76. The third kappa shape index (κ3) is 2.16. The fraction of sp³-hybridized carbons (Fsp3) is 0.214. The number of benzene rings is 1. The van der Waals surface area contributed by atoms with Gasteiger partial charge in [-0.2, -0.15) is 5.10 Å². The number of nitrogens with one attached hydrogen (secondary N) is 1. The van der Waals surface area contributed by atoms with Crippen LogP contribution in [0.3, 0.4) is 0 Å². The lowest BCUT2D eigenvalue weighted by Crippen LogP contribution is -2.04. The Morgan fingerprint density at radius 2 is 2.15 bits per heavy atom. The maximum absolute atomic E-state index is 5.77. The number of nitrogen functional groups attached to an aromatic ring is 1. The fourth-order valence-electron chi connectivity index (χ4n) is 2.11. The van der Waals surface area contributed by atoms with E-state index >= 15 is 0 Å². The Kier molecular flexibility index (Phi) is 2.98. The highest BCUT2D eigenvalue weighted by Crippen LogP contribution is 2.21. The van der Waals surface area contributed by atoms with Gasteiger partial charge in [0.05, 0.1) is 11.7 Å². The summed E-state index contributed by atoms with van der Waals surface area (Å²) in [6.45, 7) is 2.72. The molecule has 3 aromatic rings. The number of anilines is 2. The van der Waals surface area contributed by atoms with Crippen molar-refractivity contribution in [3.63, 3.8) is 0 Å². The largest absolute Gasteiger partial charge is 0.399 e. The van der Waals surface area contributed by atoms with E-state index in [1.54, 1.807) is 6.33 Å². The van der Waals surface area contributed by atoms with E-state index < -0.39 is 0 Å². The molecular weight excluding hydrogens is 252 g/mol. The molecule has 1 aromatic carbocycles. The van der Waals surface area contributed by atoms with E-state index in [0.717, 1.165) is 28.0 Å². The van der Waals surface area contributed by atoms with E-state index in [4.69, 9.17) is 5.73 Å². The first kappa shape index (κ1) is 12.4. The van der Waals surface area contributed by atoms with Crippen molar-refractivity contribution in [2.75, 3.05) is 11.1 Å². The van der Waals surface area contributed by atoms with E-state index in [2.05, 4.69) is 20.4 Å². The Hall–Kier alpha value is -2.63. The van der Waals surface area contributed by atoms with Crippen molar-refractivity contribution in [1.29, 1.82) is 0 Å². The van der Waals surface area contributed by atoms with Crippen LogP contribution in [0.25, 0.3) is 10.9 Å². The Bertz CT molecular complexity index is 761. The molecule has 3 rings (SSSR count). The van der Waals surface area contributed by atoms with E-state index in [1.165, 1.54) is 0 Å². The van der Waals surface area contributed by atoms with Crippen LogP contribution in [-0.2, 0) is 13.6 Å². The lowest BCUT2D eigenvalue weighted by molar-refractivity contribution is 0.738. The molecule has 2 heterocycles. The van der Waals surface area contributed by atoms with Gasteiger partial charge in [-0.05, 0) is 25.1 Å². The molecule has 6 nitrogen and oxygen atoms in total. The fourth-order valence-corrected chi connectivity index (χ4v) is 2.11. The topological polar surface area (TPSA) is 81.7 Å². The minimum atomic E-state index is 0.677. The molecule has 0 aliphatic heterocycles. The first-order valence-corrected chi connectivity index (χ1v) is 6.37. The van der Waals surface area contributed by atoms with E-state index in [0.29, 0.717) is 12.2 Å². The van der Waals surface area contributed by atoms with Gasteiger partial charge in [0, 0.05) is 35.9 Å². The number of nitrogens with zero attached hydrogens (tertiary/aromatic N) is 4. The van der Waals surface area contributed by atoms with Crippen molar-refractivity contribution in [1.82, 2.24) is 19.7 Å². The van der Waals surface area contributed by atoms with Gasteiger partial charge in [0.25, 0.3) is 0 Å². The number of fused-ring (bicyclic) bond motifs is 1. The second kappa shape index (κ2) is 4.80. The third-order valence-corrected chi connectivity index (χ3v) is 3.44. The predicted octanol–water partition coefficient (Wildman–Crippen LogP) is 1.87. The summed E-state index contributed by atoms with van der Waals surface area (Å²) in [4.78, 5) is 8.53. The van der Waals surface area contributed by atoms with E-state index in [1.807, 2.05) is 43.0 Å². The second-order valence-electron chi connectivity index (χ2n) is 4.73. The van der Waals surface area contributed by atoms with E-state index in [9.17, 15) is 0 Å². The number of aromatic nitrogens is 4. The average molecular weight is 268 g/mol. The van der Waals surface area contributed by atoms with Gasteiger partial charge in [-0.15, -0.1) is 0 Å². The molecule has 0 spiro atoms. The summed E-state index contributed by atoms with van der Waals surface area (Å²) in [7, 11) is 1.93. The van der Waals surface area contributed by atoms with Crippen LogP contribution in [0.2, 0.25) is 0 Å². The van der Waals surface area contributed by atoms with Gasteiger partial charge in [-0.25, -0.2) is 9.97 Å². The van der Waals surface area contributed by atoms with Crippen LogP contribution >= 0.6 is 0 Å². The maximum atomic E-state index is 5.77. The van der Waals surface area contributed by atoms with Gasteiger partial charge < -0.3 is 11.1 Å². The highest BCUT2D eigenvalue weighted by molar-refractivity contribution is 5.90. The molecule has 0 bridgehead atoms. The smallest absolute Gasteiger partial charge is 0.137 e. The zero-order valence-corrected chi connectivity index (χ0v) is 11.5. The van der Waals surface area contributed by atoms with Gasteiger partial charge >= 0.3 is 0 Å². The highest BCUT2D eigenvalue weighted by Gasteiger charge is 2.06. The van der Waals surface area contributed by atoms with Crippen LogP contribution in [0.1, 0.15) is 11.3 Å². The molecule has 0 atom stereocenters. The lowest BCUT2D eigenvalue weighted by Gasteiger charge is -2.08. The first-order chi connectivity index (χ1) is 9.65. The number of hydrogen-bond donors (Lipinski definition) is 2. The number of hydrogen-bond acceptors (Lipinski definition) is 5. The molecule has 0 radical (unpaired) electrons. The number of aryl methyl sites for hydroxylation is 1. The van der Waals surface area contributed by atoms with Gasteiger partial charge in [0.15, 0.2) is 0 Å². The molecule has 102 valence electrons. The molecule has 0 unspecified atom stereocenters. The van der Waals surface area contributed by atoms with Crippen molar-refractivity contribution < 1.29 is 0 Å². The van der Waals surface area contributed by atoms with Crippen molar-refractivity contribution in [3.8, 4) is 0 Å². The van der Waals surface area contributed by atoms with Crippen molar-refractivity contribution in [2.24, 2.45) is 7.05 Å². The zero-order valence-electron chi connectivity index (χ0n) is 11.5. The third-order valence-electron chi connectivity index (χ3n) is 3.44. The SMILES string of the molecule is Cc1c(CNc2ncnc3cc(N)ccc23)cnn1C. The molecule has 0 aliphatic carbocycles. The molecule has 0 aliphatic rings. The quantitative estimate of drug-likeness (QED) is 0.709. The molecule has 6 heteroatoms. The number of rotatable bonds is 3. The summed E-state index contributed by atoms with van der Waals surface area (Å²) >= 11 is 0. The second-order valence-corrected chi connectivity index (χ2v) is 4.73. The molecule has 0 saturated carbocycles. The van der Waals surface area contributed by atoms with Gasteiger partial charge in [-0.1, -0.05) is 0 Å². The van der Waals surface area contributed by atoms with Crippen LogP contribution < -0.4 is 11.1 Å². The van der Waals surface area contributed by atoms with Gasteiger partial charge in [-0.3, -0.25) is 4.68 Å². The normalized spacial score (nSPS) is 10.9. The molecular formula is C14H16N6. The monoisotopic (exact) mass is 268 g/mol. The summed E-state index contributed by atoms with van der Waals surface area (Å²) < 4.78 is 1.86. The van der Waals surface area contributed by atoms with Crippen molar-refractivity contribution >= 4 is 22.4 Å². The molecule has 2 aromatic heterocycles. The van der Waals surface area contributed by atoms with E-state index in [-0.39, 0.29) is 0 Å². The van der Waals surface area contributed by atoms with Crippen molar-refractivity contribution in [3.05, 3.63) is 42.0 Å². The Labute approximate surface area is 116 Å². The molecule has 0 amide bonds. The highest BCUT2D eigenvalue weighted by atomic mass is 15.3. The van der Waals surface area contributed by atoms with Crippen LogP contribution in [0.4, 0.5) is 11.5 Å². The van der Waals surface area contributed by atoms with Gasteiger partial charge in [0.2, 0.25) is 0 Å². The lowest BCUT2D eigenvalue weighted by atomic mass is 10.2. The minimum absolute atomic E-state index is 0.677. The Balaban J connectivity index is 1.89. The Morgan fingerprint density at radius 3 is 2.90 bits per heavy atom. The van der Waals surface area contributed by atoms with Crippen LogP contribution in [-0.4, -0.2) is 19.7 Å². The van der Waals surface area contributed by atoms with Crippen LogP contribution in [0, 0.1) is 6.92 Å². The molecule has 20 heavy (non-hydrogen) atoms. The zero-order chi connectivity index (χ0) is 14.1. The standard InChI is InChI=1S/C14H16N6/c1-9-10(7-19-20(9)2)6-16-14-12-4-3-11(15)5-13(12)17-8-18-14/h3-5,7-8H,6,15H2,1-2H3,(H,16,17,18). The molecule has 0 saturated heterocycles. The predicted molar refractivity (Wildman–Crippen MR) is 79.2 cm³/mol. The molecule has 0 fully saturated rings.